The standard InChI is InChI=1S/C17H23NO4S/c1-2-9-22-15-6-4-3-5-14(15)18-16(19)13-12-17(13)7-10-23(20,21)11-8-17/h3-6,13H,2,7-12H2,1H3,(H,18,19). The van der Waals surface area contributed by atoms with Gasteiger partial charge in [0.05, 0.1) is 23.8 Å². The van der Waals surface area contributed by atoms with Gasteiger partial charge in [0.1, 0.15) is 15.6 Å². The first-order valence-electron chi connectivity index (χ1n) is 8.19. The van der Waals surface area contributed by atoms with Crippen LogP contribution in [0.4, 0.5) is 5.69 Å². The van der Waals surface area contributed by atoms with E-state index in [0.717, 1.165) is 12.8 Å². The summed E-state index contributed by atoms with van der Waals surface area (Å²) in [5, 5.41) is 2.96. The van der Waals surface area contributed by atoms with Crippen LogP contribution in [0.2, 0.25) is 0 Å². The highest BCUT2D eigenvalue weighted by Gasteiger charge is 2.59. The zero-order chi connectivity index (χ0) is 16.5. The smallest absolute Gasteiger partial charge is 0.228 e. The lowest BCUT2D eigenvalue weighted by molar-refractivity contribution is -0.118. The SMILES string of the molecule is CCCOc1ccccc1NC(=O)C1CC12CCS(=O)(=O)CC2. The second-order valence-corrected chi connectivity index (χ2v) is 8.91. The summed E-state index contributed by atoms with van der Waals surface area (Å²) in [6.45, 7) is 2.64. The molecule has 1 aliphatic carbocycles. The van der Waals surface area contributed by atoms with Crippen LogP contribution in [-0.2, 0) is 14.6 Å². The summed E-state index contributed by atoms with van der Waals surface area (Å²) in [4.78, 5) is 12.5. The lowest BCUT2D eigenvalue weighted by Crippen LogP contribution is -2.28. The molecule has 1 unspecified atom stereocenters. The van der Waals surface area contributed by atoms with E-state index in [0.29, 0.717) is 30.9 Å². The number of para-hydroxylation sites is 2. The molecule has 1 aliphatic heterocycles. The fourth-order valence-electron chi connectivity index (χ4n) is 3.34. The van der Waals surface area contributed by atoms with Gasteiger partial charge in [-0.05, 0) is 43.2 Å². The Morgan fingerprint density at radius 2 is 2.00 bits per heavy atom. The Balaban J connectivity index is 1.63. The van der Waals surface area contributed by atoms with Gasteiger partial charge in [0.2, 0.25) is 5.91 Å². The van der Waals surface area contributed by atoms with E-state index in [1.54, 1.807) is 0 Å². The van der Waals surface area contributed by atoms with Gasteiger partial charge in [0.15, 0.2) is 0 Å². The molecule has 2 aliphatic rings. The molecular formula is C17H23NO4S. The number of carbonyl (C=O) groups excluding carboxylic acids is 1. The summed E-state index contributed by atoms with van der Waals surface area (Å²) in [6.07, 6.45) is 2.93. The molecule has 126 valence electrons. The number of hydrogen-bond donors (Lipinski definition) is 1. The van der Waals surface area contributed by atoms with Crippen molar-refractivity contribution in [3.05, 3.63) is 24.3 Å². The summed E-state index contributed by atoms with van der Waals surface area (Å²) in [7, 11) is -2.89. The summed E-state index contributed by atoms with van der Waals surface area (Å²) < 4.78 is 28.8. The highest BCUT2D eigenvalue weighted by molar-refractivity contribution is 7.91. The molecule has 6 heteroatoms. The van der Waals surface area contributed by atoms with Gasteiger partial charge in [-0.2, -0.15) is 0 Å². The van der Waals surface area contributed by atoms with E-state index < -0.39 is 9.84 Å². The van der Waals surface area contributed by atoms with Gasteiger partial charge in [0, 0.05) is 5.92 Å². The largest absolute Gasteiger partial charge is 0.491 e. The van der Waals surface area contributed by atoms with Crippen molar-refractivity contribution >= 4 is 21.4 Å². The summed E-state index contributed by atoms with van der Waals surface area (Å²) in [5.41, 5.74) is 0.602. The number of carbonyl (C=O) groups is 1. The third-order valence-corrected chi connectivity index (χ3v) is 6.59. The quantitative estimate of drug-likeness (QED) is 0.896. The number of amides is 1. The molecule has 1 aromatic carbocycles. The van der Waals surface area contributed by atoms with Crippen molar-refractivity contribution in [3.63, 3.8) is 0 Å². The van der Waals surface area contributed by atoms with Crippen LogP contribution < -0.4 is 10.1 Å². The number of ether oxygens (including phenoxy) is 1. The first-order chi connectivity index (χ1) is 11.0. The third-order valence-electron chi connectivity index (χ3n) is 4.93. The Kier molecular flexibility index (Phi) is 4.36. The van der Waals surface area contributed by atoms with Crippen molar-refractivity contribution in [2.45, 2.75) is 32.6 Å². The Hall–Kier alpha value is -1.56. The predicted molar refractivity (Wildman–Crippen MR) is 89.3 cm³/mol. The molecule has 1 atom stereocenters. The van der Waals surface area contributed by atoms with E-state index in [1.807, 2.05) is 31.2 Å². The van der Waals surface area contributed by atoms with Crippen LogP contribution in [0.3, 0.4) is 0 Å². The van der Waals surface area contributed by atoms with Gasteiger partial charge in [-0.3, -0.25) is 4.79 Å². The molecule has 1 saturated carbocycles. The molecule has 1 saturated heterocycles. The number of rotatable bonds is 5. The summed E-state index contributed by atoms with van der Waals surface area (Å²) in [6, 6.07) is 7.43. The Morgan fingerprint density at radius 3 is 2.70 bits per heavy atom. The number of nitrogens with one attached hydrogen (secondary N) is 1. The summed E-state index contributed by atoms with van der Waals surface area (Å²) >= 11 is 0. The minimum atomic E-state index is -2.89. The van der Waals surface area contributed by atoms with Gasteiger partial charge in [0.25, 0.3) is 0 Å². The fourth-order valence-corrected chi connectivity index (χ4v) is 4.98. The van der Waals surface area contributed by atoms with Crippen LogP contribution in [0.1, 0.15) is 32.6 Å². The van der Waals surface area contributed by atoms with E-state index in [1.165, 1.54) is 0 Å². The van der Waals surface area contributed by atoms with Gasteiger partial charge < -0.3 is 10.1 Å². The number of sulfone groups is 1. The molecule has 1 amide bonds. The lowest BCUT2D eigenvalue weighted by Gasteiger charge is -2.22. The van der Waals surface area contributed by atoms with E-state index in [4.69, 9.17) is 4.74 Å². The molecular weight excluding hydrogens is 314 g/mol. The molecule has 23 heavy (non-hydrogen) atoms. The van der Waals surface area contributed by atoms with Crippen LogP contribution in [0.25, 0.3) is 0 Å². The predicted octanol–water partition coefficient (Wildman–Crippen LogP) is 2.63. The zero-order valence-corrected chi connectivity index (χ0v) is 14.2. The second-order valence-electron chi connectivity index (χ2n) is 6.60. The molecule has 1 N–H and O–H groups in total. The number of benzene rings is 1. The summed E-state index contributed by atoms with van der Waals surface area (Å²) in [5.74, 6) is 1.03. The van der Waals surface area contributed by atoms with Crippen LogP contribution >= 0.6 is 0 Å². The third kappa shape index (κ3) is 3.52. The molecule has 0 bridgehead atoms. The highest BCUT2D eigenvalue weighted by Crippen LogP contribution is 2.60. The molecule has 1 heterocycles. The van der Waals surface area contributed by atoms with Gasteiger partial charge in [-0.25, -0.2) is 8.42 Å². The minimum absolute atomic E-state index is 0.0168. The van der Waals surface area contributed by atoms with Crippen LogP contribution in [0, 0.1) is 11.3 Å². The Morgan fingerprint density at radius 1 is 1.30 bits per heavy atom. The fraction of sp³-hybridized carbons (Fsp3) is 0.588. The molecule has 3 rings (SSSR count). The normalized spacial score (nSPS) is 24.1. The van der Waals surface area contributed by atoms with Crippen molar-refractivity contribution < 1.29 is 17.9 Å². The molecule has 5 nitrogen and oxygen atoms in total. The first-order valence-corrected chi connectivity index (χ1v) is 10.0. The van der Waals surface area contributed by atoms with E-state index in [-0.39, 0.29) is 28.7 Å². The minimum Gasteiger partial charge on any atom is -0.491 e. The van der Waals surface area contributed by atoms with E-state index >= 15 is 0 Å². The molecule has 0 radical (unpaired) electrons. The second kappa shape index (κ2) is 6.15. The van der Waals surface area contributed by atoms with E-state index in [9.17, 15) is 13.2 Å². The van der Waals surface area contributed by atoms with Crippen LogP contribution in [0.15, 0.2) is 24.3 Å². The van der Waals surface area contributed by atoms with Gasteiger partial charge in [-0.1, -0.05) is 19.1 Å². The lowest BCUT2D eigenvalue weighted by atomic mass is 9.96. The maximum atomic E-state index is 12.5. The van der Waals surface area contributed by atoms with Gasteiger partial charge >= 0.3 is 0 Å². The maximum Gasteiger partial charge on any atom is 0.228 e. The molecule has 1 spiro atoms. The van der Waals surface area contributed by atoms with Crippen molar-refractivity contribution in [1.29, 1.82) is 0 Å². The Labute approximate surface area is 137 Å². The highest BCUT2D eigenvalue weighted by atomic mass is 32.2. The van der Waals surface area contributed by atoms with Crippen molar-refractivity contribution in [1.82, 2.24) is 0 Å². The van der Waals surface area contributed by atoms with Crippen molar-refractivity contribution in [3.8, 4) is 5.75 Å². The van der Waals surface area contributed by atoms with E-state index in [2.05, 4.69) is 5.32 Å². The average Bonchev–Trinajstić information content (AvgIpc) is 3.25. The average molecular weight is 337 g/mol. The number of hydrogen-bond acceptors (Lipinski definition) is 4. The molecule has 2 fully saturated rings. The van der Waals surface area contributed by atoms with Crippen LogP contribution in [0.5, 0.6) is 5.75 Å². The molecule has 0 aromatic heterocycles. The maximum absolute atomic E-state index is 12.5. The van der Waals surface area contributed by atoms with Crippen molar-refractivity contribution in [2.75, 3.05) is 23.4 Å². The molecule has 1 aromatic rings. The zero-order valence-electron chi connectivity index (χ0n) is 13.4. The Bertz CT molecular complexity index is 684. The number of anilines is 1. The monoisotopic (exact) mass is 337 g/mol. The topological polar surface area (TPSA) is 72.5 Å². The van der Waals surface area contributed by atoms with Crippen molar-refractivity contribution in [2.24, 2.45) is 11.3 Å². The van der Waals surface area contributed by atoms with Gasteiger partial charge in [-0.15, -0.1) is 0 Å². The van der Waals surface area contributed by atoms with Crippen LogP contribution in [-0.4, -0.2) is 32.4 Å². The first kappa shape index (κ1) is 16.3.